The first-order valence-corrected chi connectivity index (χ1v) is 7.04. The van der Waals surface area contributed by atoms with Crippen molar-refractivity contribution in [3.05, 3.63) is 24.0 Å². The highest BCUT2D eigenvalue weighted by Gasteiger charge is 2.05. The molecule has 0 saturated carbocycles. The number of rotatable bonds is 8. The van der Waals surface area contributed by atoms with Crippen molar-refractivity contribution >= 4 is 5.69 Å². The van der Waals surface area contributed by atoms with E-state index in [-0.39, 0.29) is 0 Å². The van der Waals surface area contributed by atoms with E-state index in [0.717, 1.165) is 31.7 Å². The Balaban J connectivity index is 2.34. The Labute approximate surface area is 116 Å². The average molecular weight is 260 g/mol. The van der Waals surface area contributed by atoms with Gasteiger partial charge in [0.05, 0.1) is 0 Å². The van der Waals surface area contributed by atoms with Crippen molar-refractivity contribution in [1.29, 1.82) is 5.26 Å². The van der Waals surface area contributed by atoms with E-state index in [1.807, 2.05) is 6.07 Å². The SMILES string of the molecule is CCN(CC)CCCC(C)Nc1ccnc(C#N)c1. The Morgan fingerprint density at radius 2 is 2.16 bits per heavy atom. The van der Waals surface area contributed by atoms with Gasteiger partial charge in [-0.15, -0.1) is 0 Å². The predicted molar refractivity (Wildman–Crippen MR) is 79.1 cm³/mol. The number of anilines is 1. The maximum Gasteiger partial charge on any atom is 0.142 e. The lowest BCUT2D eigenvalue weighted by atomic mass is 10.1. The summed E-state index contributed by atoms with van der Waals surface area (Å²) in [7, 11) is 0. The van der Waals surface area contributed by atoms with Gasteiger partial charge in [0.2, 0.25) is 0 Å². The molecule has 0 aliphatic carbocycles. The van der Waals surface area contributed by atoms with Crippen LogP contribution >= 0.6 is 0 Å². The van der Waals surface area contributed by atoms with E-state index in [1.54, 1.807) is 12.3 Å². The van der Waals surface area contributed by atoms with Crippen molar-refractivity contribution < 1.29 is 0 Å². The zero-order valence-electron chi connectivity index (χ0n) is 12.2. The van der Waals surface area contributed by atoms with Crippen LogP contribution in [0.15, 0.2) is 18.3 Å². The number of nitriles is 1. The number of nitrogens with zero attached hydrogens (tertiary/aromatic N) is 3. The summed E-state index contributed by atoms with van der Waals surface area (Å²) < 4.78 is 0. The van der Waals surface area contributed by atoms with Crippen LogP contribution in [0.25, 0.3) is 0 Å². The second kappa shape index (κ2) is 8.49. The minimum absolute atomic E-state index is 0.407. The number of aromatic nitrogens is 1. The van der Waals surface area contributed by atoms with Crippen LogP contribution in [-0.4, -0.2) is 35.6 Å². The van der Waals surface area contributed by atoms with Gasteiger partial charge in [-0.25, -0.2) is 4.98 Å². The molecule has 1 aromatic rings. The first-order valence-electron chi connectivity index (χ1n) is 7.04. The van der Waals surface area contributed by atoms with E-state index in [9.17, 15) is 0 Å². The number of pyridine rings is 1. The smallest absolute Gasteiger partial charge is 0.142 e. The molecule has 0 aliphatic rings. The lowest BCUT2D eigenvalue weighted by Crippen LogP contribution is -2.25. The zero-order chi connectivity index (χ0) is 14.1. The summed E-state index contributed by atoms with van der Waals surface area (Å²) in [5.41, 5.74) is 1.43. The summed E-state index contributed by atoms with van der Waals surface area (Å²) in [4.78, 5) is 6.40. The van der Waals surface area contributed by atoms with Gasteiger partial charge in [-0.05, 0) is 51.5 Å². The van der Waals surface area contributed by atoms with Gasteiger partial charge < -0.3 is 10.2 Å². The fraction of sp³-hybridized carbons (Fsp3) is 0.600. The van der Waals surface area contributed by atoms with Crippen LogP contribution in [0.5, 0.6) is 0 Å². The van der Waals surface area contributed by atoms with E-state index in [2.05, 4.69) is 42.0 Å². The predicted octanol–water partition coefficient (Wildman–Crippen LogP) is 2.88. The molecule has 104 valence electrons. The fourth-order valence-corrected chi connectivity index (χ4v) is 2.10. The molecule has 19 heavy (non-hydrogen) atoms. The molecule has 0 aromatic carbocycles. The quantitative estimate of drug-likeness (QED) is 0.781. The molecule has 1 atom stereocenters. The molecule has 0 saturated heterocycles. The van der Waals surface area contributed by atoms with Crippen LogP contribution in [0.2, 0.25) is 0 Å². The first-order chi connectivity index (χ1) is 9.19. The summed E-state index contributed by atoms with van der Waals surface area (Å²) >= 11 is 0. The second-order valence-corrected chi connectivity index (χ2v) is 4.76. The first kappa shape index (κ1) is 15.5. The minimum atomic E-state index is 0.407. The monoisotopic (exact) mass is 260 g/mol. The lowest BCUT2D eigenvalue weighted by molar-refractivity contribution is 0.295. The van der Waals surface area contributed by atoms with Crippen molar-refractivity contribution in [2.45, 2.75) is 39.7 Å². The van der Waals surface area contributed by atoms with E-state index in [1.165, 1.54) is 6.42 Å². The van der Waals surface area contributed by atoms with Crippen molar-refractivity contribution in [3.8, 4) is 6.07 Å². The molecule has 1 aromatic heterocycles. The number of nitrogens with one attached hydrogen (secondary N) is 1. The van der Waals surface area contributed by atoms with Gasteiger partial charge in [-0.1, -0.05) is 13.8 Å². The minimum Gasteiger partial charge on any atom is -0.382 e. The maximum absolute atomic E-state index is 8.81. The van der Waals surface area contributed by atoms with Gasteiger partial charge in [-0.2, -0.15) is 5.26 Å². The summed E-state index contributed by atoms with van der Waals surface area (Å²) in [5.74, 6) is 0. The van der Waals surface area contributed by atoms with Crippen LogP contribution in [0, 0.1) is 11.3 Å². The second-order valence-electron chi connectivity index (χ2n) is 4.76. The standard InChI is InChI=1S/C15H24N4/c1-4-19(5-2)10-6-7-13(3)18-14-8-9-17-15(11-14)12-16/h8-9,11,13H,4-7,10H2,1-3H3,(H,17,18). The molecule has 4 heteroatoms. The highest BCUT2D eigenvalue weighted by molar-refractivity contribution is 5.46. The highest BCUT2D eigenvalue weighted by Crippen LogP contribution is 2.11. The molecule has 4 nitrogen and oxygen atoms in total. The van der Waals surface area contributed by atoms with E-state index < -0.39 is 0 Å². The summed E-state index contributed by atoms with van der Waals surface area (Å²) in [6.45, 7) is 9.97. The van der Waals surface area contributed by atoms with Crippen LogP contribution in [-0.2, 0) is 0 Å². The normalized spacial score (nSPS) is 12.2. The van der Waals surface area contributed by atoms with Gasteiger partial charge in [0, 0.05) is 17.9 Å². The molecule has 0 amide bonds. The molecule has 1 unspecified atom stereocenters. The third-order valence-corrected chi connectivity index (χ3v) is 3.29. The van der Waals surface area contributed by atoms with Crippen LogP contribution in [0.3, 0.4) is 0 Å². The molecule has 0 aliphatic heterocycles. The molecule has 0 spiro atoms. The molecule has 0 bridgehead atoms. The van der Waals surface area contributed by atoms with E-state index in [0.29, 0.717) is 11.7 Å². The summed E-state index contributed by atoms with van der Waals surface area (Å²) in [6, 6.07) is 6.16. The molecule has 0 radical (unpaired) electrons. The molecule has 1 rings (SSSR count). The lowest BCUT2D eigenvalue weighted by Gasteiger charge is -2.20. The molecule has 1 heterocycles. The van der Waals surface area contributed by atoms with Gasteiger partial charge in [0.1, 0.15) is 11.8 Å². The Bertz CT molecular complexity index is 407. The fourth-order valence-electron chi connectivity index (χ4n) is 2.10. The zero-order valence-corrected chi connectivity index (χ0v) is 12.2. The van der Waals surface area contributed by atoms with Gasteiger partial charge in [0.25, 0.3) is 0 Å². The average Bonchev–Trinajstić information content (AvgIpc) is 2.44. The van der Waals surface area contributed by atoms with Crippen molar-refractivity contribution in [2.24, 2.45) is 0 Å². The van der Waals surface area contributed by atoms with Crippen LogP contribution in [0.4, 0.5) is 5.69 Å². The summed E-state index contributed by atoms with van der Waals surface area (Å²) in [6.07, 6.45) is 3.98. The van der Waals surface area contributed by atoms with Gasteiger partial charge in [0.15, 0.2) is 0 Å². The topological polar surface area (TPSA) is 52.0 Å². The Morgan fingerprint density at radius 3 is 2.79 bits per heavy atom. The molecule has 1 N–H and O–H groups in total. The summed E-state index contributed by atoms with van der Waals surface area (Å²) in [5, 5.41) is 12.2. The Kier molecular flexibility index (Phi) is 6.91. The molecular weight excluding hydrogens is 236 g/mol. The van der Waals surface area contributed by atoms with Crippen molar-refractivity contribution in [2.75, 3.05) is 25.0 Å². The third kappa shape index (κ3) is 5.71. The van der Waals surface area contributed by atoms with Crippen molar-refractivity contribution in [1.82, 2.24) is 9.88 Å². The van der Waals surface area contributed by atoms with Crippen molar-refractivity contribution in [3.63, 3.8) is 0 Å². The highest BCUT2D eigenvalue weighted by atomic mass is 15.1. The van der Waals surface area contributed by atoms with E-state index >= 15 is 0 Å². The van der Waals surface area contributed by atoms with Gasteiger partial charge >= 0.3 is 0 Å². The largest absolute Gasteiger partial charge is 0.382 e. The maximum atomic E-state index is 8.81. The Morgan fingerprint density at radius 1 is 1.42 bits per heavy atom. The number of hydrogen-bond donors (Lipinski definition) is 1. The Hall–Kier alpha value is -1.60. The van der Waals surface area contributed by atoms with E-state index in [4.69, 9.17) is 5.26 Å². The van der Waals surface area contributed by atoms with Gasteiger partial charge in [-0.3, -0.25) is 0 Å². The third-order valence-electron chi connectivity index (χ3n) is 3.29. The van der Waals surface area contributed by atoms with Crippen LogP contribution < -0.4 is 5.32 Å². The number of hydrogen-bond acceptors (Lipinski definition) is 4. The molecular formula is C15H24N4. The van der Waals surface area contributed by atoms with Crippen LogP contribution in [0.1, 0.15) is 39.3 Å². The molecule has 0 fully saturated rings.